The van der Waals surface area contributed by atoms with Gasteiger partial charge in [0.25, 0.3) is 11.1 Å². The number of thioether (sulfide) groups is 1. The largest absolute Gasteiger partial charge is 0.507 e. The van der Waals surface area contributed by atoms with Gasteiger partial charge in [-0.25, -0.2) is 0 Å². The van der Waals surface area contributed by atoms with Crippen molar-refractivity contribution in [1.29, 1.82) is 0 Å². The minimum Gasteiger partial charge on any atom is -0.507 e. The second-order valence-corrected chi connectivity index (χ2v) is 8.83. The molecule has 0 unspecified atom stereocenters. The van der Waals surface area contributed by atoms with Crippen LogP contribution < -0.4 is 0 Å². The Labute approximate surface area is 194 Å². The topological polar surface area (TPSA) is 57.6 Å². The zero-order chi connectivity index (χ0) is 22.0. The number of hydrogen-bond donors (Lipinski definition) is 1. The lowest BCUT2D eigenvalue weighted by Crippen LogP contribution is -2.27. The van der Waals surface area contributed by atoms with E-state index in [1.807, 2.05) is 42.5 Å². The molecule has 3 aromatic rings. The van der Waals surface area contributed by atoms with Crippen molar-refractivity contribution in [2.45, 2.75) is 13.0 Å². The number of hydrogen-bond acceptors (Lipinski definition) is 4. The molecule has 1 saturated heterocycles. The Morgan fingerprint density at radius 3 is 2.32 bits per heavy atom. The fraction of sp³-hybridized carbons (Fsp3) is 0.0833. The van der Waals surface area contributed by atoms with Crippen LogP contribution in [0.2, 0.25) is 10.0 Å². The Morgan fingerprint density at radius 2 is 1.61 bits per heavy atom. The van der Waals surface area contributed by atoms with E-state index >= 15 is 0 Å². The molecule has 1 N–H and O–H groups in total. The van der Waals surface area contributed by atoms with Gasteiger partial charge in [-0.1, -0.05) is 65.7 Å². The van der Waals surface area contributed by atoms with Gasteiger partial charge in [0, 0.05) is 21.2 Å². The first-order valence-electron chi connectivity index (χ1n) is 9.46. The molecule has 0 aliphatic carbocycles. The highest BCUT2D eigenvalue weighted by atomic mass is 35.5. The van der Waals surface area contributed by atoms with Crippen molar-refractivity contribution in [2.75, 3.05) is 0 Å². The maximum absolute atomic E-state index is 12.9. The predicted molar refractivity (Wildman–Crippen MR) is 125 cm³/mol. The second-order valence-electron chi connectivity index (χ2n) is 7.02. The number of amides is 2. The fourth-order valence-corrected chi connectivity index (χ4v) is 4.63. The monoisotopic (exact) mass is 469 g/mol. The summed E-state index contributed by atoms with van der Waals surface area (Å²) in [5, 5.41) is 10.7. The van der Waals surface area contributed by atoms with Crippen molar-refractivity contribution in [3.63, 3.8) is 0 Å². The fourth-order valence-electron chi connectivity index (χ4n) is 3.28. The van der Waals surface area contributed by atoms with E-state index in [0.29, 0.717) is 27.6 Å². The second kappa shape index (κ2) is 9.18. The zero-order valence-electron chi connectivity index (χ0n) is 16.2. The Kier molecular flexibility index (Phi) is 6.37. The Bertz CT molecular complexity index is 1170. The third-order valence-corrected chi connectivity index (χ3v) is 6.50. The lowest BCUT2D eigenvalue weighted by Gasteiger charge is -2.14. The summed E-state index contributed by atoms with van der Waals surface area (Å²) in [5.74, 6) is -0.406. The van der Waals surface area contributed by atoms with Crippen LogP contribution in [-0.4, -0.2) is 21.2 Å². The van der Waals surface area contributed by atoms with Gasteiger partial charge < -0.3 is 5.11 Å². The highest BCUT2D eigenvalue weighted by Gasteiger charge is 2.35. The van der Waals surface area contributed by atoms with Gasteiger partial charge >= 0.3 is 0 Å². The third-order valence-electron chi connectivity index (χ3n) is 4.88. The van der Waals surface area contributed by atoms with Crippen molar-refractivity contribution >= 4 is 52.2 Å². The quantitative estimate of drug-likeness (QED) is 0.431. The highest BCUT2D eigenvalue weighted by Crippen LogP contribution is 2.36. The van der Waals surface area contributed by atoms with Crippen molar-refractivity contribution in [3.8, 4) is 5.75 Å². The van der Waals surface area contributed by atoms with Gasteiger partial charge in [0.05, 0.1) is 11.4 Å². The molecule has 1 aliphatic heterocycles. The van der Waals surface area contributed by atoms with Crippen molar-refractivity contribution in [1.82, 2.24) is 4.90 Å². The summed E-state index contributed by atoms with van der Waals surface area (Å²) in [4.78, 5) is 26.7. The van der Waals surface area contributed by atoms with Crippen LogP contribution in [0.3, 0.4) is 0 Å². The SMILES string of the molecule is O=C1S/C(=C\c2cc(Cc3ccccc3)ccc2O)C(=O)N1Cc1c(Cl)cccc1Cl. The number of nitrogens with zero attached hydrogens (tertiary/aromatic N) is 1. The molecule has 2 amide bonds. The van der Waals surface area contributed by atoms with Crippen LogP contribution >= 0.6 is 35.0 Å². The molecule has 156 valence electrons. The molecule has 0 atom stereocenters. The van der Waals surface area contributed by atoms with E-state index < -0.39 is 11.1 Å². The minimum atomic E-state index is -0.446. The van der Waals surface area contributed by atoms with Crippen molar-refractivity contribution < 1.29 is 14.7 Å². The molecule has 1 fully saturated rings. The van der Waals surface area contributed by atoms with Gasteiger partial charge in [0.2, 0.25) is 0 Å². The number of benzene rings is 3. The number of halogens is 2. The van der Waals surface area contributed by atoms with E-state index in [-0.39, 0.29) is 17.2 Å². The number of phenolic OH excluding ortho intramolecular Hbond substituents is 1. The number of carbonyl (C=O) groups excluding carboxylic acids is 2. The molecule has 1 heterocycles. The molecule has 0 bridgehead atoms. The summed E-state index contributed by atoms with van der Waals surface area (Å²) in [6.07, 6.45) is 2.23. The first-order valence-corrected chi connectivity index (χ1v) is 11.0. The van der Waals surface area contributed by atoms with Crippen LogP contribution in [0, 0.1) is 0 Å². The van der Waals surface area contributed by atoms with Crippen LogP contribution in [0.4, 0.5) is 4.79 Å². The molecular weight excluding hydrogens is 453 g/mol. The molecule has 7 heteroatoms. The molecule has 4 nitrogen and oxygen atoms in total. The normalized spacial score (nSPS) is 15.2. The molecular formula is C24H17Cl2NO3S. The maximum Gasteiger partial charge on any atom is 0.293 e. The van der Waals surface area contributed by atoms with E-state index in [9.17, 15) is 14.7 Å². The first-order chi connectivity index (χ1) is 14.9. The van der Waals surface area contributed by atoms with E-state index in [2.05, 4.69) is 0 Å². The van der Waals surface area contributed by atoms with Gasteiger partial charge in [-0.3, -0.25) is 14.5 Å². The summed E-state index contributed by atoms with van der Waals surface area (Å²) < 4.78 is 0. The summed E-state index contributed by atoms with van der Waals surface area (Å²) in [6.45, 7) is -0.0134. The lowest BCUT2D eigenvalue weighted by molar-refractivity contribution is -0.123. The van der Waals surface area contributed by atoms with Gasteiger partial charge in [-0.2, -0.15) is 0 Å². The molecule has 31 heavy (non-hydrogen) atoms. The van der Waals surface area contributed by atoms with Crippen molar-refractivity contribution in [2.24, 2.45) is 0 Å². The Morgan fingerprint density at radius 1 is 0.903 bits per heavy atom. The summed E-state index contributed by atoms with van der Waals surface area (Å²) >= 11 is 13.2. The summed E-state index contributed by atoms with van der Waals surface area (Å²) in [6, 6.07) is 20.2. The molecule has 0 aromatic heterocycles. The molecule has 0 radical (unpaired) electrons. The van der Waals surface area contributed by atoms with Crippen LogP contribution in [0.5, 0.6) is 5.75 Å². The van der Waals surface area contributed by atoms with Gasteiger partial charge in [-0.15, -0.1) is 0 Å². The van der Waals surface area contributed by atoms with E-state index in [1.165, 1.54) is 0 Å². The van der Waals surface area contributed by atoms with E-state index in [4.69, 9.17) is 23.2 Å². The smallest absolute Gasteiger partial charge is 0.293 e. The van der Waals surface area contributed by atoms with E-state index in [1.54, 1.807) is 30.3 Å². The Balaban J connectivity index is 1.58. The Hall–Kier alpha value is -2.73. The molecule has 0 saturated carbocycles. The summed E-state index contributed by atoms with van der Waals surface area (Å²) in [7, 11) is 0. The highest BCUT2D eigenvalue weighted by molar-refractivity contribution is 8.18. The number of phenols is 1. The third kappa shape index (κ3) is 4.79. The molecule has 3 aromatic carbocycles. The standard InChI is InChI=1S/C24H17Cl2NO3S/c25-19-7-4-8-20(26)18(19)14-27-23(29)22(31-24(27)30)13-17-12-16(9-10-21(17)28)11-15-5-2-1-3-6-15/h1-10,12-13,28H,11,14H2/b22-13-. The van der Waals surface area contributed by atoms with Crippen LogP contribution in [0.1, 0.15) is 22.3 Å². The average molecular weight is 470 g/mol. The maximum atomic E-state index is 12.9. The lowest BCUT2D eigenvalue weighted by atomic mass is 10.0. The number of carbonyl (C=O) groups is 2. The minimum absolute atomic E-state index is 0.0134. The van der Waals surface area contributed by atoms with Crippen LogP contribution in [0.15, 0.2) is 71.6 Å². The van der Waals surface area contributed by atoms with Crippen molar-refractivity contribution in [3.05, 3.63) is 104 Å². The van der Waals surface area contributed by atoms with Gasteiger partial charge in [0.15, 0.2) is 0 Å². The first kappa shape index (κ1) is 21.5. The summed E-state index contributed by atoms with van der Waals surface area (Å²) in [5.41, 5.74) is 3.12. The van der Waals surface area contributed by atoms with Gasteiger partial charge in [-0.05, 0) is 59.7 Å². The molecule has 1 aliphatic rings. The molecule has 4 rings (SSSR count). The predicted octanol–water partition coefficient (Wildman–Crippen LogP) is 6.53. The zero-order valence-corrected chi connectivity index (χ0v) is 18.5. The van der Waals surface area contributed by atoms with Crippen LogP contribution in [-0.2, 0) is 17.8 Å². The number of aromatic hydroxyl groups is 1. The van der Waals surface area contributed by atoms with Crippen LogP contribution in [0.25, 0.3) is 6.08 Å². The van der Waals surface area contributed by atoms with E-state index in [0.717, 1.165) is 27.8 Å². The average Bonchev–Trinajstić information content (AvgIpc) is 3.01. The van der Waals surface area contributed by atoms with Gasteiger partial charge in [0.1, 0.15) is 5.75 Å². The number of rotatable bonds is 5. The number of imide groups is 1. The molecule has 0 spiro atoms.